The number of halogens is 1. The van der Waals surface area contributed by atoms with Gasteiger partial charge in [-0.3, -0.25) is 14.4 Å². The number of amides is 2. The molecular weight excluding hydrogens is 380 g/mol. The summed E-state index contributed by atoms with van der Waals surface area (Å²) in [6.45, 7) is 2.35. The normalized spacial score (nSPS) is 11.5. The first-order valence-electron chi connectivity index (χ1n) is 7.44. The molecule has 0 aromatic heterocycles. The largest absolute Gasteiger partial charge is 0.452 e. The molecule has 0 radical (unpaired) electrons. The molecule has 2 N–H and O–H groups in total. The number of hydrogen-bond donors (Lipinski definition) is 2. The Morgan fingerprint density at radius 1 is 1.12 bits per heavy atom. The second-order valence-corrected chi connectivity index (χ2v) is 5.84. The lowest BCUT2D eigenvalue weighted by Gasteiger charge is -2.13. The van der Waals surface area contributed by atoms with Gasteiger partial charge in [0.25, 0.3) is 11.8 Å². The second-order valence-electron chi connectivity index (χ2n) is 4.93. The molecule has 0 bridgehead atoms. The summed E-state index contributed by atoms with van der Waals surface area (Å²) < 4.78 is 10.7. The van der Waals surface area contributed by atoms with Crippen LogP contribution >= 0.6 is 15.9 Å². The van der Waals surface area contributed by atoms with Crippen LogP contribution in [0.3, 0.4) is 0 Å². The monoisotopic (exact) mass is 400 g/mol. The van der Waals surface area contributed by atoms with Crippen LogP contribution in [-0.2, 0) is 19.1 Å². The van der Waals surface area contributed by atoms with E-state index < -0.39 is 12.1 Å². The molecule has 24 heavy (non-hydrogen) atoms. The van der Waals surface area contributed by atoms with Crippen LogP contribution in [0.1, 0.15) is 23.7 Å². The highest BCUT2D eigenvalue weighted by Crippen LogP contribution is 2.10. The number of nitrogens with one attached hydrogen (secondary N) is 2. The molecule has 0 heterocycles. The van der Waals surface area contributed by atoms with Crippen LogP contribution in [0, 0.1) is 0 Å². The zero-order chi connectivity index (χ0) is 17.9. The smallest absolute Gasteiger partial charge is 0.308 e. The maximum absolute atomic E-state index is 11.9. The van der Waals surface area contributed by atoms with E-state index in [0.717, 1.165) is 4.47 Å². The van der Waals surface area contributed by atoms with Gasteiger partial charge in [0, 0.05) is 30.2 Å². The minimum absolute atomic E-state index is 0.0159. The Kier molecular flexibility index (Phi) is 9.03. The minimum Gasteiger partial charge on any atom is -0.452 e. The molecule has 1 aromatic rings. The van der Waals surface area contributed by atoms with Crippen LogP contribution in [0.4, 0.5) is 0 Å². The predicted octanol–water partition coefficient (Wildman–Crippen LogP) is 1.26. The Morgan fingerprint density at radius 3 is 2.42 bits per heavy atom. The predicted molar refractivity (Wildman–Crippen MR) is 91.5 cm³/mol. The van der Waals surface area contributed by atoms with Crippen molar-refractivity contribution in [3.05, 3.63) is 34.3 Å². The summed E-state index contributed by atoms with van der Waals surface area (Å²) in [7, 11) is 1.53. The molecule has 0 aliphatic heterocycles. The molecular formula is C16H21BrN2O5. The fraction of sp³-hybridized carbons (Fsp3) is 0.438. The molecule has 8 heteroatoms. The Morgan fingerprint density at radius 2 is 1.79 bits per heavy atom. The van der Waals surface area contributed by atoms with Gasteiger partial charge in [0.2, 0.25) is 0 Å². The summed E-state index contributed by atoms with van der Waals surface area (Å²) in [5, 5.41) is 5.20. The number of rotatable bonds is 9. The highest BCUT2D eigenvalue weighted by molar-refractivity contribution is 9.10. The van der Waals surface area contributed by atoms with Crippen LogP contribution < -0.4 is 10.6 Å². The number of benzene rings is 1. The standard InChI is InChI=1S/C16H21BrN2O5/c1-11(15(21)19-9-10-23-2)24-14(20)7-8-18-16(22)12-3-5-13(17)6-4-12/h3-6,11H,7-10H2,1-2H3,(H,18,22)(H,19,21)/t11-/m0/s1. The molecule has 1 atom stereocenters. The first-order chi connectivity index (χ1) is 11.4. The van der Waals surface area contributed by atoms with Crippen LogP contribution in [0.2, 0.25) is 0 Å². The van der Waals surface area contributed by atoms with E-state index in [9.17, 15) is 14.4 Å². The van der Waals surface area contributed by atoms with Gasteiger partial charge >= 0.3 is 5.97 Å². The van der Waals surface area contributed by atoms with Crippen LogP contribution in [-0.4, -0.2) is 50.7 Å². The van der Waals surface area contributed by atoms with Crippen molar-refractivity contribution >= 4 is 33.7 Å². The lowest BCUT2D eigenvalue weighted by molar-refractivity contribution is -0.154. The zero-order valence-corrected chi connectivity index (χ0v) is 15.2. The number of methoxy groups -OCH3 is 1. The van der Waals surface area contributed by atoms with Gasteiger partial charge in [-0.05, 0) is 31.2 Å². The van der Waals surface area contributed by atoms with E-state index in [4.69, 9.17) is 9.47 Å². The summed E-state index contributed by atoms with van der Waals surface area (Å²) in [6.07, 6.45) is -0.908. The average molecular weight is 401 g/mol. The van der Waals surface area contributed by atoms with Crippen molar-refractivity contribution in [3.8, 4) is 0 Å². The van der Waals surface area contributed by atoms with Crippen molar-refractivity contribution in [2.24, 2.45) is 0 Å². The fourth-order valence-electron chi connectivity index (χ4n) is 1.71. The quantitative estimate of drug-likeness (QED) is 0.480. The van der Waals surface area contributed by atoms with Crippen LogP contribution in [0.25, 0.3) is 0 Å². The van der Waals surface area contributed by atoms with Crippen molar-refractivity contribution in [1.82, 2.24) is 10.6 Å². The van der Waals surface area contributed by atoms with Gasteiger partial charge in [0.05, 0.1) is 13.0 Å². The third kappa shape index (κ3) is 7.56. The van der Waals surface area contributed by atoms with E-state index >= 15 is 0 Å². The number of esters is 1. The highest BCUT2D eigenvalue weighted by atomic mass is 79.9. The SMILES string of the molecule is COCCNC(=O)[C@H](C)OC(=O)CCNC(=O)c1ccc(Br)cc1. The third-order valence-electron chi connectivity index (χ3n) is 3.00. The molecule has 0 aliphatic carbocycles. The zero-order valence-electron chi connectivity index (χ0n) is 13.6. The fourth-order valence-corrected chi connectivity index (χ4v) is 1.98. The van der Waals surface area contributed by atoms with Gasteiger partial charge in [-0.1, -0.05) is 15.9 Å². The van der Waals surface area contributed by atoms with E-state index in [1.165, 1.54) is 14.0 Å². The maximum atomic E-state index is 11.9. The van der Waals surface area contributed by atoms with E-state index in [0.29, 0.717) is 18.7 Å². The van der Waals surface area contributed by atoms with E-state index in [1.807, 2.05) is 0 Å². The van der Waals surface area contributed by atoms with Crippen LogP contribution in [0.15, 0.2) is 28.7 Å². The number of carbonyl (C=O) groups excluding carboxylic acids is 3. The number of carbonyl (C=O) groups is 3. The van der Waals surface area contributed by atoms with E-state index in [2.05, 4.69) is 26.6 Å². The Hall–Kier alpha value is -1.93. The summed E-state index contributed by atoms with van der Waals surface area (Å²) in [5.74, 6) is -1.22. The van der Waals surface area contributed by atoms with Gasteiger partial charge < -0.3 is 20.1 Å². The van der Waals surface area contributed by atoms with E-state index in [-0.39, 0.29) is 24.8 Å². The van der Waals surface area contributed by atoms with Crippen molar-refractivity contribution < 1.29 is 23.9 Å². The van der Waals surface area contributed by atoms with Crippen molar-refractivity contribution in [1.29, 1.82) is 0 Å². The maximum Gasteiger partial charge on any atom is 0.308 e. The molecule has 0 saturated carbocycles. The molecule has 2 amide bonds. The highest BCUT2D eigenvalue weighted by Gasteiger charge is 2.17. The summed E-state index contributed by atoms with van der Waals surface area (Å²) in [6, 6.07) is 6.86. The lowest BCUT2D eigenvalue weighted by Crippen LogP contribution is -2.38. The number of ether oxygens (including phenoxy) is 2. The summed E-state index contributed by atoms with van der Waals surface area (Å²) >= 11 is 3.29. The molecule has 0 spiro atoms. The Labute approximate surface area is 149 Å². The average Bonchev–Trinajstić information content (AvgIpc) is 2.55. The van der Waals surface area contributed by atoms with Gasteiger partial charge in [0.15, 0.2) is 6.10 Å². The van der Waals surface area contributed by atoms with Gasteiger partial charge in [-0.2, -0.15) is 0 Å². The summed E-state index contributed by atoms with van der Waals surface area (Å²) in [4.78, 5) is 35.2. The minimum atomic E-state index is -0.892. The molecule has 0 saturated heterocycles. The molecule has 0 fully saturated rings. The Balaban J connectivity index is 2.26. The Bertz CT molecular complexity index is 562. The molecule has 7 nitrogen and oxygen atoms in total. The topological polar surface area (TPSA) is 93.7 Å². The van der Waals surface area contributed by atoms with Crippen molar-refractivity contribution in [2.75, 3.05) is 26.8 Å². The van der Waals surface area contributed by atoms with Gasteiger partial charge in [-0.25, -0.2) is 0 Å². The molecule has 132 valence electrons. The molecule has 0 aliphatic rings. The number of hydrogen-bond acceptors (Lipinski definition) is 5. The molecule has 0 unspecified atom stereocenters. The van der Waals surface area contributed by atoms with Gasteiger partial charge in [-0.15, -0.1) is 0 Å². The van der Waals surface area contributed by atoms with E-state index in [1.54, 1.807) is 24.3 Å². The van der Waals surface area contributed by atoms with Crippen molar-refractivity contribution in [2.45, 2.75) is 19.4 Å². The first-order valence-corrected chi connectivity index (χ1v) is 8.23. The van der Waals surface area contributed by atoms with Gasteiger partial charge in [0.1, 0.15) is 0 Å². The second kappa shape index (κ2) is 10.8. The van der Waals surface area contributed by atoms with Crippen LogP contribution in [0.5, 0.6) is 0 Å². The lowest BCUT2D eigenvalue weighted by atomic mass is 10.2. The first kappa shape index (κ1) is 20.1. The summed E-state index contributed by atoms with van der Waals surface area (Å²) in [5.41, 5.74) is 0.498. The molecule has 1 rings (SSSR count). The third-order valence-corrected chi connectivity index (χ3v) is 3.53. The van der Waals surface area contributed by atoms with Crippen molar-refractivity contribution in [3.63, 3.8) is 0 Å². The molecule has 1 aromatic carbocycles.